The van der Waals surface area contributed by atoms with Gasteiger partial charge in [-0.3, -0.25) is 4.98 Å². The molecule has 1 saturated heterocycles. The molecule has 1 aromatic heterocycles. The second-order valence-corrected chi connectivity index (χ2v) is 7.05. The Kier molecular flexibility index (Phi) is 4.54. The van der Waals surface area contributed by atoms with Crippen LogP contribution in [0.3, 0.4) is 0 Å². The fraction of sp³-hybridized carbons (Fsp3) is 0.273. The number of anilines is 1. The van der Waals surface area contributed by atoms with Gasteiger partial charge >= 0.3 is 5.97 Å². The van der Waals surface area contributed by atoms with Crippen molar-refractivity contribution in [3.8, 4) is 11.1 Å². The normalized spacial score (nSPS) is 17.3. The average Bonchev–Trinajstić information content (AvgIpc) is 2.68. The molecule has 0 amide bonds. The standard InChI is InChI=1S/C22H22N2O3/c1-14-3-4-17(22(25)26)10-20(14)16-5-6-19-18(9-16)11-23-12-21(19)24-7-8-27-13-15(24)2/h3-6,9-12,15H,7-8,13H2,1-2H3,(H,25,26)/t15-/m0/s1. The van der Waals surface area contributed by atoms with Crippen molar-refractivity contribution in [3.63, 3.8) is 0 Å². The number of aromatic carboxylic acids is 1. The van der Waals surface area contributed by atoms with Crippen LogP contribution in [0.15, 0.2) is 48.8 Å². The van der Waals surface area contributed by atoms with Gasteiger partial charge < -0.3 is 14.7 Å². The van der Waals surface area contributed by atoms with Gasteiger partial charge in [0, 0.05) is 29.6 Å². The van der Waals surface area contributed by atoms with E-state index in [2.05, 4.69) is 35.0 Å². The molecule has 4 rings (SSSR count). The summed E-state index contributed by atoms with van der Waals surface area (Å²) in [5, 5.41) is 11.5. The summed E-state index contributed by atoms with van der Waals surface area (Å²) in [6, 6.07) is 11.8. The lowest BCUT2D eigenvalue weighted by Gasteiger charge is -2.35. The van der Waals surface area contributed by atoms with Crippen LogP contribution >= 0.6 is 0 Å². The van der Waals surface area contributed by atoms with Crippen molar-refractivity contribution in [2.24, 2.45) is 0 Å². The molecule has 0 unspecified atom stereocenters. The topological polar surface area (TPSA) is 62.7 Å². The lowest BCUT2D eigenvalue weighted by molar-refractivity contribution is 0.0697. The van der Waals surface area contributed by atoms with Gasteiger partial charge in [-0.2, -0.15) is 0 Å². The number of aromatic nitrogens is 1. The summed E-state index contributed by atoms with van der Waals surface area (Å²) in [5.74, 6) is -0.915. The summed E-state index contributed by atoms with van der Waals surface area (Å²) in [4.78, 5) is 18.1. The van der Waals surface area contributed by atoms with E-state index in [1.54, 1.807) is 12.1 Å². The minimum absolute atomic E-state index is 0.296. The van der Waals surface area contributed by atoms with Crippen molar-refractivity contribution in [2.75, 3.05) is 24.7 Å². The second-order valence-electron chi connectivity index (χ2n) is 7.05. The lowest BCUT2D eigenvalue weighted by atomic mass is 9.96. The lowest BCUT2D eigenvalue weighted by Crippen LogP contribution is -2.43. The molecule has 0 spiro atoms. The van der Waals surface area contributed by atoms with Crippen LogP contribution < -0.4 is 4.90 Å². The number of fused-ring (bicyclic) bond motifs is 1. The van der Waals surface area contributed by atoms with E-state index in [9.17, 15) is 9.90 Å². The highest BCUT2D eigenvalue weighted by molar-refractivity contribution is 5.97. The van der Waals surface area contributed by atoms with Gasteiger partial charge in [-0.25, -0.2) is 4.79 Å². The van der Waals surface area contributed by atoms with E-state index in [1.165, 1.54) is 0 Å². The maximum Gasteiger partial charge on any atom is 0.335 e. The molecule has 1 fully saturated rings. The number of morpholine rings is 1. The number of benzene rings is 2. The first-order valence-electron chi connectivity index (χ1n) is 9.11. The van der Waals surface area contributed by atoms with E-state index in [4.69, 9.17) is 4.74 Å². The van der Waals surface area contributed by atoms with Crippen LogP contribution in [-0.2, 0) is 4.74 Å². The maximum absolute atomic E-state index is 11.3. The largest absolute Gasteiger partial charge is 0.478 e. The van der Waals surface area contributed by atoms with Crippen LogP contribution in [0, 0.1) is 6.92 Å². The summed E-state index contributed by atoms with van der Waals surface area (Å²) >= 11 is 0. The maximum atomic E-state index is 11.3. The molecule has 5 nitrogen and oxygen atoms in total. The van der Waals surface area contributed by atoms with Crippen LogP contribution in [0.1, 0.15) is 22.8 Å². The molecule has 1 aliphatic rings. The molecule has 0 saturated carbocycles. The number of ether oxygens (including phenoxy) is 1. The molecule has 5 heteroatoms. The highest BCUT2D eigenvalue weighted by Crippen LogP contribution is 2.33. The monoisotopic (exact) mass is 362 g/mol. The van der Waals surface area contributed by atoms with Crippen molar-refractivity contribution < 1.29 is 14.6 Å². The van der Waals surface area contributed by atoms with E-state index in [0.717, 1.165) is 52.9 Å². The second kappa shape index (κ2) is 7.00. The Morgan fingerprint density at radius 3 is 2.85 bits per heavy atom. The van der Waals surface area contributed by atoms with Crippen LogP contribution in [0.2, 0.25) is 0 Å². The van der Waals surface area contributed by atoms with Crippen molar-refractivity contribution in [2.45, 2.75) is 19.9 Å². The fourth-order valence-electron chi connectivity index (χ4n) is 3.71. The Labute approximate surface area is 158 Å². The molecule has 0 aliphatic carbocycles. The number of carboxylic acid groups (broad SMARTS) is 1. The molecule has 2 aromatic carbocycles. The quantitative estimate of drug-likeness (QED) is 0.759. The molecule has 0 radical (unpaired) electrons. The molecule has 2 heterocycles. The zero-order valence-electron chi connectivity index (χ0n) is 15.5. The van der Waals surface area contributed by atoms with Crippen LogP contribution in [0.5, 0.6) is 0 Å². The van der Waals surface area contributed by atoms with Crippen molar-refractivity contribution >= 4 is 22.4 Å². The van der Waals surface area contributed by atoms with Crippen LogP contribution in [-0.4, -0.2) is 41.9 Å². The highest BCUT2D eigenvalue weighted by Gasteiger charge is 2.21. The predicted octanol–water partition coefficient (Wildman–Crippen LogP) is 4.13. The van der Waals surface area contributed by atoms with E-state index < -0.39 is 5.97 Å². The zero-order chi connectivity index (χ0) is 19.0. The number of rotatable bonds is 3. The Morgan fingerprint density at radius 2 is 2.07 bits per heavy atom. The molecular weight excluding hydrogens is 340 g/mol. The van der Waals surface area contributed by atoms with Crippen LogP contribution in [0.4, 0.5) is 5.69 Å². The fourth-order valence-corrected chi connectivity index (χ4v) is 3.71. The van der Waals surface area contributed by atoms with E-state index in [0.29, 0.717) is 11.6 Å². The van der Waals surface area contributed by atoms with E-state index in [1.807, 2.05) is 25.4 Å². The van der Waals surface area contributed by atoms with Gasteiger partial charge in [0.2, 0.25) is 0 Å². The Hall–Kier alpha value is -2.92. The van der Waals surface area contributed by atoms with Gasteiger partial charge in [0.15, 0.2) is 0 Å². The van der Waals surface area contributed by atoms with Crippen molar-refractivity contribution in [1.29, 1.82) is 0 Å². The Balaban J connectivity index is 1.80. The van der Waals surface area contributed by atoms with Crippen molar-refractivity contribution in [1.82, 2.24) is 4.98 Å². The highest BCUT2D eigenvalue weighted by atomic mass is 16.5. The van der Waals surface area contributed by atoms with Gasteiger partial charge in [-0.05, 0) is 48.7 Å². The first-order valence-corrected chi connectivity index (χ1v) is 9.11. The summed E-state index contributed by atoms with van der Waals surface area (Å²) in [7, 11) is 0. The summed E-state index contributed by atoms with van der Waals surface area (Å²) < 4.78 is 5.56. The predicted molar refractivity (Wildman–Crippen MR) is 107 cm³/mol. The molecule has 0 bridgehead atoms. The van der Waals surface area contributed by atoms with Crippen LogP contribution in [0.25, 0.3) is 21.9 Å². The van der Waals surface area contributed by atoms with Gasteiger partial charge in [0.05, 0.1) is 30.7 Å². The first kappa shape index (κ1) is 17.5. The SMILES string of the molecule is Cc1ccc(C(=O)O)cc1-c1ccc2c(N3CCOC[C@@H]3C)cncc2c1. The summed E-state index contributed by atoms with van der Waals surface area (Å²) in [6.07, 6.45) is 3.78. The molecule has 27 heavy (non-hydrogen) atoms. The number of pyridine rings is 1. The number of nitrogens with zero attached hydrogens (tertiary/aromatic N) is 2. The Morgan fingerprint density at radius 1 is 1.22 bits per heavy atom. The number of hydrogen-bond donors (Lipinski definition) is 1. The third kappa shape index (κ3) is 3.26. The minimum atomic E-state index is -0.915. The first-order chi connectivity index (χ1) is 13.0. The molecule has 1 atom stereocenters. The molecular formula is C22H22N2O3. The van der Waals surface area contributed by atoms with Crippen molar-refractivity contribution in [3.05, 3.63) is 59.9 Å². The minimum Gasteiger partial charge on any atom is -0.478 e. The Bertz CT molecular complexity index is 1020. The smallest absolute Gasteiger partial charge is 0.335 e. The third-order valence-electron chi connectivity index (χ3n) is 5.21. The molecule has 3 aromatic rings. The van der Waals surface area contributed by atoms with Gasteiger partial charge in [0.1, 0.15) is 0 Å². The van der Waals surface area contributed by atoms with Gasteiger partial charge in [0.25, 0.3) is 0 Å². The number of carbonyl (C=O) groups is 1. The summed E-state index contributed by atoms with van der Waals surface area (Å²) in [6.45, 7) is 6.45. The number of aryl methyl sites for hydroxylation is 1. The number of carboxylic acids is 1. The van der Waals surface area contributed by atoms with E-state index >= 15 is 0 Å². The number of hydrogen-bond acceptors (Lipinski definition) is 4. The molecule has 1 N–H and O–H groups in total. The van der Waals surface area contributed by atoms with E-state index in [-0.39, 0.29) is 0 Å². The van der Waals surface area contributed by atoms with Gasteiger partial charge in [-0.15, -0.1) is 0 Å². The average molecular weight is 362 g/mol. The molecule has 1 aliphatic heterocycles. The summed E-state index contributed by atoms with van der Waals surface area (Å²) in [5.41, 5.74) is 4.39. The zero-order valence-corrected chi connectivity index (χ0v) is 15.5. The van der Waals surface area contributed by atoms with Gasteiger partial charge in [-0.1, -0.05) is 18.2 Å². The molecule has 138 valence electrons. The third-order valence-corrected chi connectivity index (χ3v) is 5.21.